The first-order valence-electron chi connectivity index (χ1n) is 3.67. The van der Waals surface area contributed by atoms with Crippen LogP contribution < -0.4 is 10.5 Å². The van der Waals surface area contributed by atoms with Gasteiger partial charge in [-0.1, -0.05) is 0 Å². The lowest BCUT2D eigenvalue weighted by atomic mass is 10.2. The van der Waals surface area contributed by atoms with Crippen LogP contribution in [0.1, 0.15) is 5.69 Å². The molecule has 0 aliphatic heterocycles. The minimum Gasteiger partial charge on any atom is -0.481 e. The molecule has 0 radical (unpaired) electrons. The van der Waals surface area contributed by atoms with Crippen LogP contribution in [0.2, 0.25) is 0 Å². The van der Waals surface area contributed by atoms with E-state index in [0.29, 0.717) is 24.5 Å². The van der Waals surface area contributed by atoms with Crippen molar-refractivity contribution in [1.82, 2.24) is 4.98 Å². The maximum Gasteiger partial charge on any atom is 0.216 e. The van der Waals surface area contributed by atoms with Gasteiger partial charge in [0, 0.05) is 18.2 Å². The molecule has 1 heterocycles. The number of halogens is 1. The Morgan fingerprint density at radius 3 is 2.92 bits per heavy atom. The zero-order valence-corrected chi connectivity index (χ0v) is 6.88. The highest BCUT2D eigenvalue weighted by molar-refractivity contribution is 5.17. The molecule has 66 valence electrons. The van der Waals surface area contributed by atoms with Crippen molar-refractivity contribution in [3.8, 4) is 5.88 Å². The third kappa shape index (κ3) is 2.17. The summed E-state index contributed by atoms with van der Waals surface area (Å²) in [6.07, 6.45) is 0.564. The van der Waals surface area contributed by atoms with Gasteiger partial charge < -0.3 is 10.5 Å². The molecule has 0 aliphatic carbocycles. The van der Waals surface area contributed by atoms with E-state index in [0.717, 1.165) is 0 Å². The maximum absolute atomic E-state index is 12.8. The second-order valence-electron chi connectivity index (χ2n) is 2.36. The van der Waals surface area contributed by atoms with Gasteiger partial charge in [0.2, 0.25) is 5.88 Å². The van der Waals surface area contributed by atoms with Gasteiger partial charge in [-0.15, -0.1) is 0 Å². The van der Waals surface area contributed by atoms with Gasteiger partial charge >= 0.3 is 0 Å². The lowest BCUT2D eigenvalue weighted by Gasteiger charge is -2.02. The predicted molar refractivity (Wildman–Crippen MR) is 43.5 cm³/mol. The van der Waals surface area contributed by atoms with E-state index in [2.05, 4.69) is 4.98 Å². The van der Waals surface area contributed by atoms with Crippen molar-refractivity contribution >= 4 is 0 Å². The van der Waals surface area contributed by atoms with Gasteiger partial charge in [0.15, 0.2) is 0 Å². The molecule has 0 bridgehead atoms. The van der Waals surface area contributed by atoms with Crippen LogP contribution >= 0.6 is 0 Å². The van der Waals surface area contributed by atoms with Crippen molar-refractivity contribution in [2.45, 2.75) is 6.42 Å². The molecule has 1 aromatic rings. The standard InChI is InChI=1S/C8H11FN2O/c1-12-8-5-6(9)4-7(11-8)2-3-10/h4-5H,2-3,10H2,1H3. The van der Waals surface area contributed by atoms with Crippen molar-refractivity contribution in [2.75, 3.05) is 13.7 Å². The molecule has 3 nitrogen and oxygen atoms in total. The van der Waals surface area contributed by atoms with E-state index in [1.807, 2.05) is 0 Å². The summed E-state index contributed by atoms with van der Waals surface area (Å²) in [6.45, 7) is 0.458. The average Bonchev–Trinajstić information content (AvgIpc) is 2.04. The van der Waals surface area contributed by atoms with E-state index < -0.39 is 0 Å². The molecule has 1 rings (SSSR count). The van der Waals surface area contributed by atoms with Crippen LogP contribution in [0.3, 0.4) is 0 Å². The summed E-state index contributed by atoms with van der Waals surface area (Å²) in [5, 5.41) is 0. The SMILES string of the molecule is COc1cc(F)cc(CCN)n1. The lowest BCUT2D eigenvalue weighted by molar-refractivity contribution is 0.392. The van der Waals surface area contributed by atoms with Crippen molar-refractivity contribution < 1.29 is 9.13 Å². The normalized spacial score (nSPS) is 9.92. The number of pyridine rings is 1. The fourth-order valence-electron chi connectivity index (χ4n) is 0.905. The van der Waals surface area contributed by atoms with Crippen LogP contribution in [0.15, 0.2) is 12.1 Å². The maximum atomic E-state index is 12.8. The van der Waals surface area contributed by atoms with Crippen LogP contribution in [-0.4, -0.2) is 18.6 Å². The smallest absolute Gasteiger partial charge is 0.216 e. The van der Waals surface area contributed by atoms with Gasteiger partial charge in [0.1, 0.15) is 5.82 Å². The number of nitrogens with two attached hydrogens (primary N) is 1. The molecule has 1 aromatic heterocycles. The van der Waals surface area contributed by atoms with E-state index in [1.54, 1.807) is 0 Å². The molecule has 0 atom stereocenters. The van der Waals surface area contributed by atoms with Gasteiger partial charge in [0.25, 0.3) is 0 Å². The Kier molecular flexibility index (Phi) is 2.99. The van der Waals surface area contributed by atoms with Gasteiger partial charge in [-0.25, -0.2) is 9.37 Å². The molecule has 12 heavy (non-hydrogen) atoms. The predicted octanol–water partition coefficient (Wildman–Crippen LogP) is 0.730. The summed E-state index contributed by atoms with van der Waals surface area (Å²) in [5.41, 5.74) is 5.92. The van der Waals surface area contributed by atoms with Crippen LogP contribution in [-0.2, 0) is 6.42 Å². The minimum atomic E-state index is -0.342. The Labute approximate surface area is 70.4 Å². The van der Waals surface area contributed by atoms with Gasteiger partial charge in [0.05, 0.1) is 7.11 Å². The number of hydrogen-bond acceptors (Lipinski definition) is 3. The van der Waals surface area contributed by atoms with Gasteiger partial charge in [-0.3, -0.25) is 0 Å². The number of methoxy groups -OCH3 is 1. The molecular weight excluding hydrogens is 159 g/mol. The number of aromatic nitrogens is 1. The largest absolute Gasteiger partial charge is 0.481 e. The molecular formula is C8H11FN2O. The van der Waals surface area contributed by atoms with Crippen LogP contribution in [0.5, 0.6) is 5.88 Å². The number of rotatable bonds is 3. The Morgan fingerprint density at radius 2 is 2.33 bits per heavy atom. The summed E-state index contributed by atoms with van der Waals surface area (Å²) in [4.78, 5) is 4.00. The fraction of sp³-hybridized carbons (Fsp3) is 0.375. The van der Waals surface area contributed by atoms with E-state index in [1.165, 1.54) is 19.2 Å². The molecule has 0 unspecified atom stereocenters. The molecule has 0 aliphatic rings. The van der Waals surface area contributed by atoms with Crippen molar-refractivity contribution in [3.05, 3.63) is 23.6 Å². The van der Waals surface area contributed by atoms with E-state index in [9.17, 15) is 4.39 Å². The molecule has 4 heteroatoms. The highest BCUT2D eigenvalue weighted by Crippen LogP contribution is 2.10. The minimum absolute atomic E-state index is 0.290. The summed E-state index contributed by atoms with van der Waals surface area (Å²) < 4.78 is 17.6. The van der Waals surface area contributed by atoms with Crippen LogP contribution in [0, 0.1) is 5.82 Å². The Bertz CT molecular complexity index is 265. The Morgan fingerprint density at radius 1 is 1.58 bits per heavy atom. The summed E-state index contributed by atoms with van der Waals surface area (Å²) in [6, 6.07) is 2.59. The fourth-order valence-corrected chi connectivity index (χ4v) is 0.905. The number of hydrogen-bond donors (Lipinski definition) is 1. The molecule has 2 N–H and O–H groups in total. The molecule has 0 fully saturated rings. The number of ether oxygens (including phenoxy) is 1. The third-order valence-corrected chi connectivity index (χ3v) is 1.43. The van der Waals surface area contributed by atoms with Gasteiger partial charge in [-0.05, 0) is 12.6 Å². The van der Waals surface area contributed by atoms with Crippen LogP contribution in [0.25, 0.3) is 0 Å². The Hall–Kier alpha value is -1.16. The summed E-state index contributed by atoms with van der Waals surface area (Å²) >= 11 is 0. The van der Waals surface area contributed by atoms with Crippen molar-refractivity contribution in [2.24, 2.45) is 5.73 Å². The first-order chi connectivity index (χ1) is 5.76. The van der Waals surface area contributed by atoms with Crippen molar-refractivity contribution in [1.29, 1.82) is 0 Å². The highest BCUT2D eigenvalue weighted by atomic mass is 19.1. The zero-order chi connectivity index (χ0) is 8.97. The highest BCUT2D eigenvalue weighted by Gasteiger charge is 2.01. The van der Waals surface area contributed by atoms with E-state index >= 15 is 0 Å². The second-order valence-corrected chi connectivity index (χ2v) is 2.36. The first-order valence-corrected chi connectivity index (χ1v) is 3.67. The second kappa shape index (κ2) is 4.01. The molecule has 0 saturated heterocycles. The van der Waals surface area contributed by atoms with Crippen LogP contribution in [0.4, 0.5) is 4.39 Å². The van der Waals surface area contributed by atoms with Gasteiger partial charge in [-0.2, -0.15) is 0 Å². The van der Waals surface area contributed by atoms with E-state index in [4.69, 9.17) is 10.5 Å². The summed E-state index contributed by atoms with van der Waals surface area (Å²) in [7, 11) is 1.45. The van der Waals surface area contributed by atoms with Crippen molar-refractivity contribution in [3.63, 3.8) is 0 Å². The summed E-state index contributed by atoms with van der Waals surface area (Å²) in [5.74, 6) is -0.0521. The Balaban J connectivity index is 2.90. The van der Waals surface area contributed by atoms with E-state index in [-0.39, 0.29) is 5.82 Å². The monoisotopic (exact) mass is 170 g/mol. The molecule has 0 aromatic carbocycles. The third-order valence-electron chi connectivity index (χ3n) is 1.43. The zero-order valence-electron chi connectivity index (χ0n) is 6.88. The molecule has 0 saturated carbocycles. The average molecular weight is 170 g/mol. The topological polar surface area (TPSA) is 48.1 Å². The first kappa shape index (κ1) is 8.93. The molecule has 0 amide bonds. The molecule has 0 spiro atoms. The lowest BCUT2D eigenvalue weighted by Crippen LogP contribution is -2.05. The number of nitrogens with zero attached hydrogens (tertiary/aromatic N) is 1. The quantitative estimate of drug-likeness (QED) is 0.727.